The van der Waals surface area contributed by atoms with Gasteiger partial charge in [0.2, 0.25) is 17.7 Å². The van der Waals surface area contributed by atoms with Gasteiger partial charge in [0, 0.05) is 61.3 Å². The van der Waals surface area contributed by atoms with E-state index in [1.165, 1.54) is 35.5 Å². The summed E-state index contributed by atoms with van der Waals surface area (Å²) in [5.74, 6) is 4.11. The molecule has 6 aromatic carbocycles. The molecule has 6 aliphatic heterocycles. The van der Waals surface area contributed by atoms with Gasteiger partial charge in [-0.3, -0.25) is 19.3 Å². The molecule has 10 aromatic rings. The first-order valence-corrected chi connectivity index (χ1v) is 40.6. The summed E-state index contributed by atoms with van der Waals surface area (Å²) < 4.78 is 43.9. The fraction of sp³-hybridized carbons (Fsp3) is 0.466. The fourth-order valence-corrected chi connectivity index (χ4v) is 17.8. The van der Waals surface area contributed by atoms with Gasteiger partial charge in [0.25, 0.3) is 0 Å². The number of aromatic nitrogens is 8. The number of nitrogens with zero attached hydrogens (tertiary/aromatic N) is 8. The minimum Gasteiger partial charge on any atom is -0.488 e. The Bertz CT molecular complexity index is 5530. The number of amides is 7. The lowest BCUT2D eigenvalue weighted by atomic mass is 9.92. The van der Waals surface area contributed by atoms with E-state index < -0.39 is 54.2 Å². The quantitative estimate of drug-likeness (QED) is 0.0416. The van der Waals surface area contributed by atoms with E-state index in [0.717, 1.165) is 149 Å². The highest BCUT2D eigenvalue weighted by Gasteiger charge is 2.46. The largest absolute Gasteiger partial charge is 0.488 e. The Balaban J connectivity index is 0.000000185. The highest BCUT2D eigenvalue weighted by Crippen LogP contribution is 2.48. The second-order valence-corrected chi connectivity index (χ2v) is 33.7. The minimum atomic E-state index is -0.923. The van der Waals surface area contributed by atoms with Gasteiger partial charge in [0.1, 0.15) is 71.7 Å². The number of likely N-dealkylation sites (tertiary alicyclic amines) is 4. The summed E-state index contributed by atoms with van der Waals surface area (Å²) in [6, 6.07) is 25.5. The summed E-state index contributed by atoms with van der Waals surface area (Å²) in [5, 5.41) is 12.0. The predicted molar refractivity (Wildman–Crippen MR) is 442 cm³/mol. The van der Waals surface area contributed by atoms with Gasteiger partial charge in [-0.05, 0) is 197 Å². The molecule has 118 heavy (non-hydrogen) atoms. The number of benzene rings is 6. The minimum absolute atomic E-state index is 0.0295. The molecule has 4 aromatic heterocycles. The number of rotatable bonds is 17. The summed E-state index contributed by atoms with van der Waals surface area (Å²) in [6.45, 7) is 23.1. The van der Waals surface area contributed by atoms with E-state index in [9.17, 15) is 33.6 Å². The van der Waals surface area contributed by atoms with Crippen molar-refractivity contribution in [3.8, 4) is 56.3 Å². The number of hydrogen-bond acceptors (Lipinski definition) is 19. The van der Waals surface area contributed by atoms with Gasteiger partial charge >= 0.3 is 24.4 Å². The third-order valence-electron chi connectivity index (χ3n) is 24.1. The molecule has 30 heteroatoms. The van der Waals surface area contributed by atoms with Crippen molar-refractivity contribution in [2.45, 2.75) is 200 Å². The van der Waals surface area contributed by atoms with E-state index in [4.69, 9.17) is 57.8 Å². The average molecular weight is 1610 g/mol. The van der Waals surface area contributed by atoms with Crippen LogP contribution in [0.15, 0.2) is 97.3 Å². The first-order valence-electron chi connectivity index (χ1n) is 40.6. The smallest absolute Gasteiger partial charge is 0.410 e. The van der Waals surface area contributed by atoms with Crippen LogP contribution in [0.4, 0.5) is 19.2 Å². The van der Waals surface area contributed by atoms with Crippen LogP contribution in [0, 0.1) is 17.8 Å². The van der Waals surface area contributed by atoms with Crippen LogP contribution in [-0.2, 0) is 56.0 Å². The molecule has 4 fully saturated rings. The summed E-state index contributed by atoms with van der Waals surface area (Å²) in [7, 11) is 6.83. The maximum absolute atomic E-state index is 14.0. The molecule has 3 unspecified atom stereocenters. The maximum Gasteiger partial charge on any atom is 0.410 e. The number of H-pyrrole nitrogens is 4. The van der Waals surface area contributed by atoms with E-state index in [1.807, 2.05) is 76.6 Å². The van der Waals surface area contributed by atoms with E-state index in [2.05, 4.69) is 123 Å². The number of aromatic amines is 4. The second kappa shape index (κ2) is 33.0. The Kier molecular flexibility index (Phi) is 22.7. The Hall–Kier alpha value is -11.8. The zero-order valence-electron chi connectivity index (χ0n) is 69.6. The Morgan fingerprint density at radius 2 is 0.907 bits per heavy atom. The molecule has 0 bridgehead atoms. The summed E-state index contributed by atoms with van der Waals surface area (Å²) >= 11 is 0. The van der Waals surface area contributed by atoms with Crippen LogP contribution in [0.2, 0.25) is 0 Å². The van der Waals surface area contributed by atoms with Crippen LogP contribution in [0.25, 0.3) is 88.4 Å². The standard InChI is InChI=1S/C45H54N8O8.C43H51N7O7/c1-22(2)37(50-44(56)59-7)43(55)53-24(4)9-14-34(53)41-47-32-13-11-26-17-31-29-12-10-27(16-28(29)21-61-36(31)18-30(26)39(32)49-41)33-19-46-40(48-33)35-15-23(3)20-52(35)42(54)38(25(5)58-6)51-45(57)60-8;1-22-15-34(49(20-22)42(53)57-43(4,5)6)38-44-19-32(46-38)26-10-12-28-27(16-26)21-56-35-18-29-25(17-30(28)35)11-13-31-37(29)47-39(45-31)33-14-9-23(2)50(33)40(51)36(24(3)54-7)48-41(52)55-8/h10-13,16-19,22-25,34-35,37-38H,9,14-15,20-21H2,1-8H3,(H,46,48)(H,47,49)(H,50,56)(H,51,57);10-13,16-19,22-24,33-34,36H,9,14-15,20-21H2,1-8H3,(H,44,46)(H,45,47)(H,48,52)/t23-,24-,25?,34-,35?,37-,38-;22-,23-,24+,33-,34?,36-/m00/s1. The molecule has 0 saturated carbocycles. The van der Waals surface area contributed by atoms with Gasteiger partial charge in [0.05, 0.1) is 104 Å². The lowest BCUT2D eigenvalue weighted by molar-refractivity contribution is -0.139. The SMILES string of the molecule is COC(=O)N[C@H](C(=O)N1[C@@H](C)CC[C@H]1c1nc2c(ccc3cc4c(cc32)OCc2cc(-c3cnc(C5C[C@H](C)CN5C(=O)OC(C)(C)C)[nH]3)ccc2-4)[nH]1)[C@@H](C)OC.COC(=O)N[C@H](C(=O)N1[C@@H](C)CC[C@H]1c1nc2c(ccc3cc4c(cc32)OCc2cc(-c3cnc(C5C[C@H](C)CN5C(=O)[C@@H](NC(=O)OC)C(C)OC)[nH]3)ccc2-4)[nH]1)C(C)C. The molecule has 10 heterocycles. The molecule has 622 valence electrons. The van der Waals surface area contributed by atoms with Crippen molar-refractivity contribution in [3.63, 3.8) is 0 Å². The van der Waals surface area contributed by atoms with Crippen molar-refractivity contribution in [1.82, 2.24) is 75.4 Å². The van der Waals surface area contributed by atoms with Crippen molar-refractivity contribution in [3.05, 3.63) is 132 Å². The van der Waals surface area contributed by atoms with Gasteiger partial charge in [-0.1, -0.05) is 64.1 Å². The number of ether oxygens (including phenoxy) is 8. The molecular weight excluding hydrogens is 1510 g/mol. The van der Waals surface area contributed by atoms with Crippen LogP contribution < -0.4 is 25.4 Å². The average Bonchev–Trinajstić information content (AvgIpc) is 1.36. The van der Waals surface area contributed by atoms with Crippen molar-refractivity contribution < 1.29 is 71.5 Å². The van der Waals surface area contributed by atoms with Crippen molar-refractivity contribution in [1.29, 1.82) is 0 Å². The number of methoxy groups -OCH3 is 5. The van der Waals surface area contributed by atoms with Gasteiger partial charge in [-0.25, -0.2) is 39.1 Å². The van der Waals surface area contributed by atoms with Gasteiger partial charge in [-0.15, -0.1) is 0 Å². The van der Waals surface area contributed by atoms with Crippen LogP contribution in [-0.4, -0.2) is 198 Å². The molecule has 7 amide bonds. The van der Waals surface area contributed by atoms with Crippen molar-refractivity contribution >= 4 is 85.7 Å². The first kappa shape index (κ1) is 81.4. The number of nitrogens with one attached hydrogen (secondary N) is 7. The number of alkyl carbamates (subject to hydrolysis) is 3. The van der Waals surface area contributed by atoms with Crippen LogP contribution in [0.3, 0.4) is 0 Å². The number of carbonyl (C=O) groups excluding carboxylic acids is 7. The molecule has 7 N–H and O–H groups in total. The highest BCUT2D eigenvalue weighted by atomic mass is 16.6. The summed E-state index contributed by atoms with van der Waals surface area (Å²) in [4.78, 5) is 132. The normalized spacial score (nSPS) is 21.3. The van der Waals surface area contributed by atoms with Crippen molar-refractivity contribution in [2.24, 2.45) is 17.8 Å². The van der Waals surface area contributed by atoms with E-state index in [-0.39, 0.29) is 71.9 Å². The van der Waals surface area contributed by atoms with E-state index in [0.29, 0.717) is 56.1 Å². The third kappa shape index (κ3) is 15.8. The summed E-state index contributed by atoms with van der Waals surface area (Å²) in [6.07, 6.45) is 4.72. The molecular formula is C88H105N15O15. The van der Waals surface area contributed by atoms with E-state index >= 15 is 0 Å². The molecule has 4 saturated heterocycles. The maximum atomic E-state index is 14.0. The predicted octanol–water partition coefficient (Wildman–Crippen LogP) is 14.6. The van der Waals surface area contributed by atoms with Crippen LogP contribution >= 0.6 is 0 Å². The number of hydrogen-bond donors (Lipinski definition) is 7. The lowest BCUT2D eigenvalue weighted by Gasteiger charge is -2.33. The Morgan fingerprint density at radius 1 is 0.483 bits per heavy atom. The molecule has 16 rings (SSSR count). The molecule has 0 spiro atoms. The van der Waals surface area contributed by atoms with Gasteiger partial charge < -0.3 is 88.5 Å². The zero-order valence-corrected chi connectivity index (χ0v) is 69.6. The Labute approximate surface area is 683 Å². The van der Waals surface area contributed by atoms with E-state index in [1.54, 1.807) is 29.8 Å². The Morgan fingerprint density at radius 3 is 1.34 bits per heavy atom. The molecule has 13 atom stereocenters. The summed E-state index contributed by atoms with van der Waals surface area (Å²) in [5.41, 5.74) is 12.6. The molecule has 0 radical (unpaired) electrons. The second-order valence-electron chi connectivity index (χ2n) is 33.7. The van der Waals surface area contributed by atoms with Gasteiger partial charge in [-0.2, -0.15) is 0 Å². The monoisotopic (exact) mass is 1610 g/mol. The number of fused-ring (bicyclic) bond motifs is 12. The first-order chi connectivity index (χ1) is 56.5. The number of imidazole rings is 4. The number of carbonyl (C=O) groups is 7. The molecule has 0 aliphatic carbocycles. The zero-order chi connectivity index (χ0) is 83.6. The third-order valence-corrected chi connectivity index (χ3v) is 24.1. The molecule has 6 aliphatic rings. The topological polar surface area (TPSA) is 357 Å². The van der Waals surface area contributed by atoms with Crippen LogP contribution in [0.5, 0.6) is 11.5 Å². The highest BCUT2D eigenvalue weighted by molar-refractivity contribution is 6.08. The van der Waals surface area contributed by atoms with Crippen molar-refractivity contribution in [2.75, 3.05) is 48.6 Å². The van der Waals surface area contributed by atoms with Crippen LogP contribution in [0.1, 0.15) is 173 Å². The fourth-order valence-electron chi connectivity index (χ4n) is 17.8. The lowest BCUT2D eigenvalue weighted by Crippen LogP contribution is -2.55. The molecule has 30 nitrogen and oxygen atoms in total. The van der Waals surface area contributed by atoms with Gasteiger partial charge in [0.15, 0.2) is 0 Å².